The summed E-state index contributed by atoms with van der Waals surface area (Å²) in [5.41, 5.74) is -1.69. The topological polar surface area (TPSA) is 77.6 Å². The van der Waals surface area contributed by atoms with Gasteiger partial charge >= 0.3 is 0 Å². The molecular formula is C16H12ClF5N6O. The number of hydrogen-bond acceptors (Lipinski definition) is 4. The van der Waals surface area contributed by atoms with Crippen molar-refractivity contribution in [2.24, 2.45) is 0 Å². The molecule has 0 aliphatic carbocycles. The van der Waals surface area contributed by atoms with Crippen LogP contribution in [-0.2, 0) is 17.9 Å². The minimum atomic E-state index is -3.21. The second kappa shape index (κ2) is 8.55. The summed E-state index contributed by atoms with van der Waals surface area (Å²) in [7, 11) is 0. The molecule has 7 nitrogen and oxygen atoms in total. The third-order valence-corrected chi connectivity index (χ3v) is 4.13. The van der Waals surface area contributed by atoms with Gasteiger partial charge in [0, 0.05) is 5.56 Å². The van der Waals surface area contributed by atoms with E-state index in [1.807, 2.05) is 0 Å². The molecule has 0 spiro atoms. The zero-order chi connectivity index (χ0) is 21.1. The van der Waals surface area contributed by atoms with Crippen LogP contribution < -0.4 is 5.32 Å². The van der Waals surface area contributed by atoms with E-state index in [9.17, 15) is 26.7 Å². The average molecular weight is 435 g/mol. The highest BCUT2D eigenvalue weighted by Gasteiger charge is 2.28. The number of rotatable bonds is 7. The Morgan fingerprint density at radius 3 is 2.52 bits per heavy atom. The Bertz CT molecular complexity index is 1020. The highest BCUT2D eigenvalue weighted by molar-refractivity contribution is 6.32. The average Bonchev–Trinajstić information content (AvgIpc) is 3.20. The normalized spacial score (nSPS) is 11.4. The Morgan fingerprint density at radius 1 is 1.14 bits per heavy atom. The lowest BCUT2D eigenvalue weighted by molar-refractivity contribution is -0.117. The van der Waals surface area contributed by atoms with Gasteiger partial charge in [-0.15, -0.1) is 5.10 Å². The van der Waals surface area contributed by atoms with Gasteiger partial charge in [0.1, 0.15) is 30.1 Å². The zero-order valence-electron chi connectivity index (χ0n) is 14.4. The van der Waals surface area contributed by atoms with E-state index in [4.69, 9.17) is 11.6 Å². The van der Waals surface area contributed by atoms with Crippen LogP contribution in [0.5, 0.6) is 0 Å². The van der Waals surface area contributed by atoms with Crippen LogP contribution in [-0.4, -0.2) is 30.5 Å². The number of aromatic nitrogens is 5. The molecule has 0 saturated heterocycles. The first-order valence-corrected chi connectivity index (χ1v) is 8.39. The van der Waals surface area contributed by atoms with Gasteiger partial charge in [0.05, 0.1) is 11.6 Å². The van der Waals surface area contributed by atoms with Gasteiger partial charge in [0.25, 0.3) is 12.9 Å². The molecule has 1 aromatic carbocycles. The molecule has 13 heteroatoms. The Labute approximate surface area is 165 Å². The van der Waals surface area contributed by atoms with Crippen LogP contribution in [0.1, 0.15) is 29.8 Å². The van der Waals surface area contributed by atoms with Crippen molar-refractivity contribution < 1.29 is 26.7 Å². The number of nitrogens with one attached hydrogen (secondary N) is 1. The van der Waals surface area contributed by atoms with Crippen LogP contribution in [0.4, 0.5) is 27.9 Å². The highest BCUT2D eigenvalue weighted by atomic mass is 35.5. The standard InChI is InChI=1S/C16H12ClF5N6O/c17-11-12(14(19)20)25-28(13(11)15(21)22)6-10(29)24-16-23-7-27(26-16)5-8-3-1-2-4-9(8)18/h1-4,7,14-15H,5-6H2,(H,24,26,29). The SMILES string of the molecule is O=C(Cn1nc(C(F)F)c(Cl)c1C(F)F)Nc1ncn(Cc2ccccc2F)n1. The summed E-state index contributed by atoms with van der Waals surface area (Å²) in [4.78, 5) is 15.9. The lowest BCUT2D eigenvalue weighted by atomic mass is 10.2. The molecule has 0 aliphatic rings. The monoisotopic (exact) mass is 434 g/mol. The molecule has 1 N–H and O–H groups in total. The van der Waals surface area contributed by atoms with Crippen LogP contribution in [0.25, 0.3) is 0 Å². The number of carbonyl (C=O) groups is 1. The van der Waals surface area contributed by atoms with Crippen LogP contribution in [0, 0.1) is 5.82 Å². The van der Waals surface area contributed by atoms with Crippen molar-refractivity contribution in [2.75, 3.05) is 5.32 Å². The Hall–Kier alpha value is -3.02. The van der Waals surface area contributed by atoms with Crippen molar-refractivity contribution in [3.63, 3.8) is 0 Å². The maximum atomic E-state index is 13.7. The quantitative estimate of drug-likeness (QED) is 0.573. The van der Waals surface area contributed by atoms with Crippen molar-refractivity contribution in [2.45, 2.75) is 25.9 Å². The lowest BCUT2D eigenvalue weighted by Crippen LogP contribution is -2.22. The summed E-state index contributed by atoms with van der Waals surface area (Å²) in [6, 6.07) is 5.99. The number of anilines is 1. The van der Waals surface area contributed by atoms with Crippen molar-refractivity contribution in [3.8, 4) is 0 Å². The maximum Gasteiger partial charge on any atom is 0.283 e. The number of alkyl halides is 4. The van der Waals surface area contributed by atoms with Crippen LogP contribution in [0.3, 0.4) is 0 Å². The number of amides is 1. The third-order valence-electron chi connectivity index (χ3n) is 3.74. The van der Waals surface area contributed by atoms with Crippen LogP contribution in [0.2, 0.25) is 5.02 Å². The van der Waals surface area contributed by atoms with Crippen LogP contribution in [0.15, 0.2) is 30.6 Å². The summed E-state index contributed by atoms with van der Waals surface area (Å²) in [6.07, 6.45) is -5.17. The minimum absolute atomic E-state index is 0.0393. The molecule has 2 heterocycles. The van der Waals surface area contributed by atoms with E-state index in [0.717, 1.165) is 0 Å². The fourth-order valence-corrected chi connectivity index (χ4v) is 2.77. The molecule has 0 atom stereocenters. The summed E-state index contributed by atoms with van der Waals surface area (Å²) in [5, 5.41) is 8.54. The van der Waals surface area contributed by atoms with Gasteiger partial charge in [-0.3, -0.25) is 14.8 Å². The minimum Gasteiger partial charge on any atom is -0.292 e. The Kier molecular flexibility index (Phi) is 6.11. The number of hydrogen-bond donors (Lipinski definition) is 1. The van der Waals surface area contributed by atoms with Gasteiger partial charge in [0.2, 0.25) is 11.9 Å². The predicted molar refractivity (Wildman–Crippen MR) is 91.3 cm³/mol. The van der Waals surface area contributed by atoms with Crippen molar-refractivity contribution >= 4 is 23.5 Å². The van der Waals surface area contributed by atoms with E-state index in [0.29, 0.717) is 10.2 Å². The van der Waals surface area contributed by atoms with Crippen molar-refractivity contribution in [1.82, 2.24) is 24.5 Å². The van der Waals surface area contributed by atoms with Gasteiger partial charge in [-0.05, 0) is 6.07 Å². The second-order valence-corrected chi connectivity index (χ2v) is 6.13. The van der Waals surface area contributed by atoms with Gasteiger partial charge < -0.3 is 0 Å². The van der Waals surface area contributed by atoms with Crippen molar-refractivity contribution in [1.29, 1.82) is 0 Å². The molecule has 3 aromatic rings. The summed E-state index contributed by atoms with van der Waals surface area (Å²) >= 11 is 5.52. The molecule has 0 fully saturated rings. The molecular weight excluding hydrogens is 423 g/mol. The smallest absolute Gasteiger partial charge is 0.283 e. The Balaban J connectivity index is 1.70. The maximum absolute atomic E-state index is 13.7. The Morgan fingerprint density at radius 2 is 1.86 bits per heavy atom. The molecule has 154 valence electrons. The van der Waals surface area contributed by atoms with E-state index in [1.165, 1.54) is 23.1 Å². The number of carbonyl (C=O) groups excluding carboxylic acids is 1. The summed E-state index contributed by atoms with van der Waals surface area (Å²) in [6.45, 7) is -0.772. The molecule has 3 rings (SSSR count). The van der Waals surface area contributed by atoms with E-state index >= 15 is 0 Å². The fourth-order valence-electron chi connectivity index (χ4n) is 2.47. The molecule has 0 bridgehead atoms. The van der Waals surface area contributed by atoms with Gasteiger partial charge in [-0.25, -0.2) is 31.6 Å². The molecule has 0 radical (unpaired) electrons. The largest absolute Gasteiger partial charge is 0.292 e. The van der Waals surface area contributed by atoms with E-state index in [-0.39, 0.29) is 12.5 Å². The van der Waals surface area contributed by atoms with E-state index < -0.39 is 47.5 Å². The number of benzene rings is 1. The van der Waals surface area contributed by atoms with Gasteiger partial charge in [0.15, 0.2) is 0 Å². The summed E-state index contributed by atoms with van der Waals surface area (Å²) < 4.78 is 67.2. The number of halogens is 6. The first-order chi connectivity index (χ1) is 13.8. The fraction of sp³-hybridized carbons (Fsp3) is 0.250. The summed E-state index contributed by atoms with van der Waals surface area (Å²) in [5.74, 6) is -1.52. The van der Waals surface area contributed by atoms with Gasteiger partial charge in [-0.1, -0.05) is 29.8 Å². The van der Waals surface area contributed by atoms with Crippen LogP contribution >= 0.6 is 11.6 Å². The molecule has 0 unspecified atom stereocenters. The molecule has 1 amide bonds. The highest BCUT2D eigenvalue weighted by Crippen LogP contribution is 2.34. The lowest BCUT2D eigenvalue weighted by Gasteiger charge is -2.06. The predicted octanol–water partition coefficient (Wildman–Crippen LogP) is 3.83. The van der Waals surface area contributed by atoms with Gasteiger partial charge in [-0.2, -0.15) is 5.10 Å². The van der Waals surface area contributed by atoms with E-state index in [2.05, 4.69) is 20.5 Å². The van der Waals surface area contributed by atoms with E-state index in [1.54, 1.807) is 12.1 Å². The second-order valence-electron chi connectivity index (χ2n) is 5.75. The molecule has 29 heavy (non-hydrogen) atoms. The third kappa shape index (κ3) is 4.70. The number of nitrogens with zero attached hydrogens (tertiary/aromatic N) is 5. The molecule has 2 aromatic heterocycles. The first kappa shape index (κ1) is 20.7. The first-order valence-electron chi connectivity index (χ1n) is 8.01. The molecule has 0 aliphatic heterocycles. The zero-order valence-corrected chi connectivity index (χ0v) is 15.1. The van der Waals surface area contributed by atoms with Crippen molar-refractivity contribution in [3.05, 3.63) is 58.4 Å². The molecule has 0 saturated carbocycles.